The molecule has 12 heteroatoms. The zero-order valence-electron chi connectivity index (χ0n) is 28.8. The summed E-state index contributed by atoms with van der Waals surface area (Å²) >= 11 is 9.43. The van der Waals surface area contributed by atoms with Gasteiger partial charge in [-0.2, -0.15) is 0 Å². The summed E-state index contributed by atoms with van der Waals surface area (Å²) in [6.45, 7) is 11.0. The molecule has 0 saturated carbocycles. The Morgan fingerprint density at radius 2 is 1.74 bits per heavy atom. The van der Waals surface area contributed by atoms with Crippen LogP contribution in [0.25, 0.3) is 32.2 Å². The fourth-order valence-corrected chi connectivity index (χ4v) is 7.68. The quantitative estimate of drug-likeness (QED) is 0.0241. The van der Waals surface area contributed by atoms with E-state index in [1.54, 1.807) is 28.1 Å². The molecular weight excluding hydrogens is 684 g/mol. The fraction of sp³-hybridized carbons (Fsp3) is 0.316. The van der Waals surface area contributed by atoms with E-state index in [4.69, 9.17) is 27.9 Å². The number of hydrazine groups is 1. The van der Waals surface area contributed by atoms with E-state index < -0.39 is 0 Å². The number of rotatable bonds is 17. The van der Waals surface area contributed by atoms with E-state index in [0.29, 0.717) is 53.8 Å². The highest BCUT2D eigenvalue weighted by Crippen LogP contribution is 2.35. The molecule has 0 bridgehead atoms. The maximum Gasteiger partial charge on any atom is 0.191 e. The molecule has 262 valence electrons. The van der Waals surface area contributed by atoms with Gasteiger partial charge in [0.15, 0.2) is 16.8 Å². The third-order valence-corrected chi connectivity index (χ3v) is 10.8. The number of anilines is 3. The van der Waals surface area contributed by atoms with E-state index in [1.165, 1.54) is 43.4 Å². The number of aromatic nitrogens is 3. The lowest BCUT2D eigenvalue weighted by atomic mass is 10.1. The number of halogens is 1. The SMILES string of the molecule is CCCSc1nc(NCCOCCNCc2ccc3c(c2)c2ccc(-c4cc(C)cs4)cc2n3CC)c(N)c(N(N)Cc2ccc(Cl)cc2)n1. The van der Waals surface area contributed by atoms with E-state index in [1.807, 2.05) is 24.3 Å². The lowest BCUT2D eigenvalue weighted by molar-refractivity contribution is 0.145. The fourth-order valence-electron chi connectivity index (χ4n) is 5.96. The topological polar surface area (TPSA) is 119 Å². The molecule has 0 amide bonds. The van der Waals surface area contributed by atoms with Crippen LogP contribution in [0.3, 0.4) is 0 Å². The van der Waals surface area contributed by atoms with Crippen LogP contribution in [-0.2, 0) is 24.4 Å². The number of aryl methyl sites for hydroxylation is 2. The second-order valence-electron chi connectivity index (χ2n) is 12.2. The summed E-state index contributed by atoms with van der Waals surface area (Å²) in [4.78, 5) is 10.6. The second kappa shape index (κ2) is 16.9. The first-order chi connectivity index (χ1) is 24.3. The minimum absolute atomic E-state index is 0.404. The number of nitrogens with two attached hydrogens (primary N) is 2. The Morgan fingerprint density at radius 3 is 2.50 bits per heavy atom. The van der Waals surface area contributed by atoms with E-state index in [9.17, 15) is 0 Å². The molecule has 0 atom stereocenters. The number of ether oxygens (including phenoxy) is 1. The molecule has 50 heavy (non-hydrogen) atoms. The van der Waals surface area contributed by atoms with Gasteiger partial charge in [0, 0.05) is 63.6 Å². The third-order valence-electron chi connectivity index (χ3n) is 8.43. The Labute approximate surface area is 307 Å². The summed E-state index contributed by atoms with van der Waals surface area (Å²) in [5.74, 6) is 8.38. The van der Waals surface area contributed by atoms with Crippen molar-refractivity contribution in [1.29, 1.82) is 0 Å². The van der Waals surface area contributed by atoms with Crippen molar-refractivity contribution in [3.05, 3.63) is 93.8 Å². The Balaban J connectivity index is 1.00. The third kappa shape index (κ3) is 8.54. The van der Waals surface area contributed by atoms with Crippen molar-refractivity contribution < 1.29 is 4.74 Å². The number of hydrogen-bond acceptors (Lipinski definition) is 10. The van der Waals surface area contributed by atoms with Gasteiger partial charge in [-0.05, 0) is 84.3 Å². The van der Waals surface area contributed by atoms with Crippen molar-refractivity contribution in [2.75, 3.05) is 48.1 Å². The number of thioether (sulfide) groups is 1. The predicted octanol–water partition coefficient (Wildman–Crippen LogP) is 8.48. The van der Waals surface area contributed by atoms with Gasteiger partial charge in [-0.15, -0.1) is 11.3 Å². The molecule has 6 aromatic rings. The molecule has 0 aliphatic carbocycles. The minimum Gasteiger partial charge on any atom is -0.393 e. The first-order valence-corrected chi connectivity index (χ1v) is 19.3. The van der Waals surface area contributed by atoms with Crippen molar-refractivity contribution in [3.8, 4) is 10.4 Å². The van der Waals surface area contributed by atoms with Crippen LogP contribution < -0.4 is 27.2 Å². The molecule has 0 spiro atoms. The molecule has 0 unspecified atom stereocenters. The average Bonchev–Trinajstić information content (AvgIpc) is 3.70. The first kappa shape index (κ1) is 36.0. The number of hydrogen-bond donors (Lipinski definition) is 4. The van der Waals surface area contributed by atoms with Gasteiger partial charge in [0.25, 0.3) is 0 Å². The second-order valence-corrected chi connectivity index (χ2v) is 14.6. The van der Waals surface area contributed by atoms with Crippen LogP contribution >= 0.6 is 34.7 Å². The van der Waals surface area contributed by atoms with E-state index in [0.717, 1.165) is 37.4 Å². The predicted molar refractivity (Wildman–Crippen MR) is 213 cm³/mol. The maximum atomic E-state index is 6.51. The van der Waals surface area contributed by atoms with Gasteiger partial charge in [-0.1, -0.05) is 60.6 Å². The van der Waals surface area contributed by atoms with Crippen molar-refractivity contribution in [1.82, 2.24) is 19.9 Å². The Hall–Kier alpha value is -3.84. The smallest absolute Gasteiger partial charge is 0.191 e. The van der Waals surface area contributed by atoms with Crippen molar-refractivity contribution >= 4 is 73.8 Å². The van der Waals surface area contributed by atoms with Crippen LogP contribution in [-0.4, -0.2) is 46.6 Å². The number of nitrogens with zero attached hydrogens (tertiary/aromatic N) is 4. The molecule has 0 radical (unpaired) electrons. The van der Waals surface area contributed by atoms with E-state index in [-0.39, 0.29) is 0 Å². The van der Waals surface area contributed by atoms with Gasteiger partial charge in [0.1, 0.15) is 5.69 Å². The highest BCUT2D eigenvalue weighted by molar-refractivity contribution is 7.99. The Morgan fingerprint density at radius 1 is 0.940 bits per heavy atom. The molecule has 0 aliphatic heterocycles. The Bertz CT molecular complexity index is 2050. The summed E-state index contributed by atoms with van der Waals surface area (Å²) in [5.41, 5.74) is 14.3. The normalized spacial score (nSPS) is 11.5. The standard InChI is InChI=1S/C38H45ClN8OS2/c1-4-18-49-38-44-36(35(40)37(45-38)47(41)23-26-6-10-29(39)11-7-26)43-15-17-48-16-14-42-22-27-8-13-32-31(20-27)30-12-9-28(21-33(30)46(32)5-2)34-19-25(3)24-50-34/h6-13,19-21,24,42H,4-5,14-18,22-23,40-41H2,1-3H3,(H,43,44,45). The molecule has 6 rings (SSSR count). The van der Waals surface area contributed by atoms with Gasteiger partial charge < -0.3 is 25.7 Å². The molecule has 9 nitrogen and oxygen atoms in total. The average molecular weight is 729 g/mol. The van der Waals surface area contributed by atoms with Crippen molar-refractivity contribution in [3.63, 3.8) is 0 Å². The Kier molecular flexibility index (Phi) is 12.2. The lowest BCUT2D eigenvalue weighted by Crippen LogP contribution is -2.32. The van der Waals surface area contributed by atoms with Crippen LogP contribution in [0.4, 0.5) is 17.3 Å². The summed E-state index contributed by atoms with van der Waals surface area (Å²) in [6.07, 6.45) is 1.00. The largest absolute Gasteiger partial charge is 0.393 e. The maximum absolute atomic E-state index is 6.51. The monoisotopic (exact) mass is 728 g/mol. The van der Waals surface area contributed by atoms with Crippen molar-refractivity contribution in [2.24, 2.45) is 5.84 Å². The highest BCUT2D eigenvalue weighted by atomic mass is 35.5. The molecule has 0 aliphatic rings. The van der Waals surface area contributed by atoms with Gasteiger partial charge in [0.2, 0.25) is 0 Å². The lowest BCUT2D eigenvalue weighted by Gasteiger charge is -2.21. The summed E-state index contributed by atoms with van der Waals surface area (Å²) in [6, 6.07) is 23.5. The molecule has 3 heterocycles. The van der Waals surface area contributed by atoms with Gasteiger partial charge >= 0.3 is 0 Å². The number of thiophene rings is 1. The molecule has 6 N–H and O–H groups in total. The number of benzene rings is 3. The number of nitrogens with one attached hydrogen (secondary N) is 2. The summed E-state index contributed by atoms with van der Waals surface area (Å²) in [5, 5.41) is 14.5. The van der Waals surface area contributed by atoms with Crippen LogP contribution in [0.5, 0.6) is 0 Å². The van der Waals surface area contributed by atoms with Crippen LogP contribution in [0.15, 0.2) is 77.3 Å². The zero-order chi connectivity index (χ0) is 35.0. The molecular formula is C38H45ClN8OS2. The van der Waals surface area contributed by atoms with Crippen molar-refractivity contribution in [2.45, 2.75) is 52.0 Å². The van der Waals surface area contributed by atoms with Crippen LogP contribution in [0.2, 0.25) is 5.02 Å². The van der Waals surface area contributed by atoms with Crippen LogP contribution in [0.1, 0.15) is 37.0 Å². The number of nitrogen functional groups attached to an aromatic ring is 1. The first-order valence-electron chi connectivity index (χ1n) is 17.0. The molecule has 0 fully saturated rings. The van der Waals surface area contributed by atoms with Gasteiger partial charge in [-0.3, -0.25) is 5.01 Å². The summed E-state index contributed by atoms with van der Waals surface area (Å²) in [7, 11) is 0. The van der Waals surface area contributed by atoms with Gasteiger partial charge in [-0.25, -0.2) is 15.8 Å². The van der Waals surface area contributed by atoms with Gasteiger partial charge in [0.05, 0.1) is 19.8 Å². The molecule has 3 aromatic carbocycles. The molecule has 3 aromatic heterocycles. The van der Waals surface area contributed by atoms with E-state index >= 15 is 0 Å². The van der Waals surface area contributed by atoms with Crippen LogP contribution in [0, 0.1) is 6.92 Å². The zero-order valence-corrected chi connectivity index (χ0v) is 31.2. The van der Waals surface area contributed by atoms with E-state index in [2.05, 4.69) is 93.8 Å². The highest BCUT2D eigenvalue weighted by Gasteiger charge is 2.17. The molecule has 0 saturated heterocycles. The minimum atomic E-state index is 0.404. The number of fused-ring (bicyclic) bond motifs is 3. The summed E-state index contributed by atoms with van der Waals surface area (Å²) < 4.78 is 8.35.